The van der Waals surface area contributed by atoms with Gasteiger partial charge in [-0.2, -0.15) is 4.98 Å². The number of nitrogens with one attached hydrogen (secondary N) is 1. The molecule has 0 aliphatic heterocycles. The highest BCUT2D eigenvalue weighted by Gasteiger charge is 2.35. The minimum Gasteiger partial charge on any atom is -0.393 e. The van der Waals surface area contributed by atoms with Gasteiger partial charge in [-0.3, -0.25) is 4.57 Å². The maximum Gasteiger partial charge on any atom is 0.225 e. The van der Waals surface area contributed by atoms with Crippen molar-refractivity contribution in [1.29, 1.82) is 0 Å². The van der Waals surface area contributed by atoms with Crippen molar-refractivity contribution in [3.63, 3.8) is 0 Å². The van der Waals surface area contributed by atoms with E-state index in [2.05, 4.69) is 15.3 Å². The summed E-state index contributed by atoms with van der Waals surface area (Å²) in [6.07, 6.45) is 3.26. The van der Waals surface area contributed by atoms with E-state index < -0.39 is 12.2 Å². The van der Waals surface area contributed by atoms with Crippen LogP contribution >= 0.6 is 0 Å². The molecule has 5 aromatic rings. The molecule has 0 spiro atoms. The fourth-order valence-corrected chi connectivity index (χ4v) is 4.16. The van der Waals surface area contributed by atoms with E-state index in [0.29, 0.717) is 28.7 Å². The molecule has 0 aliphatic rings. The van der Waals surface area contributed by atoms with Gasteiger partial charge in [-0.25, -0.2) is 14.4 Å². The van der Waals surface area contributed by atoms with E-state index in [0.717, 1.165) is 5.56 Å². The van der Waals surface area contributed by atoms with E-state index in [1.165, 1.54) is 12.1 Å². The second-order valence-corrected chi connectivity index (χ2v) is 8.73. The predicted octanol–water partition coefficient (Wildman–Crippen LogP) is 4.87. The van der Waals surface area contributed by atoms with Gasteiger partial charge in [-0.05, 0) is 48.4 Å². The first-order valence-corrected chi connectivity index (χ1v) is 11.9. The molecule has 0 radical (unpaired) electrons. The zero-order chi connectivity index (χ0) is 25.8. The van der Waals surface area contributed by atoms with Crippen LogP contribution in [0, 0.1) is 5.82 Å². The Morgan fingerprint density at radius 2 is 1.59 bits per heavy atom. The van der Waals surface area contributed by atoms with Crippen molar-refractivity contribution in [2.24, 2.45) is 0 Å². The monoisotopic (exact) mass is 495 g/mol. The number of hydrogen-bond donors (Lipinski definition) is 3. The highest BCUT2D eigenvalue weighted by molar-refractivity contribution is 5.59. The molecule has 2 atom stereocenters. The number of benzene rings is 3. The molecule has 8 heteroatoms. The molecule has 2 heterocycles. The molecule has 0 amide bonds. The van der Waals surface area contributed by atoms with E-state index >= 15 is 0 Å². The lowest BCUT2D eigenvalue weighted by atomic mass is 9.92. The second kappa shape index (κ2) is 10.3. The summed E-state index contributed by atoms with van der Waals surface area (Å²) in [5.41, 5.74) is 0.675. The molecule has 5 rings (SSSR count). The van der Waals surface area contributed by atoms with Crippen LogP contribution in [0.25, 0.3) is 17.2 Å². The maximum absolute atomic E-state index is 13.7. The average Bonchev–Trinajstić information content (AvgIpc) is 3.40. The Bertz CT molecular complexity index is 1480. The summed E-state index contributed by atoms with van der Waals surface area (Å²) in [4.78, 5) is 13.8. The van der Waals surface area contributed by atoms with Crippen molar-refractivity contribution in [2.45, 2.75) is 18.6 Å². The summed E-state index contributed by atoms with van der Waals surface area (Å²) in [5, 5.41) is 25.1. The second-order valence-electron chi connectivity index (χ2n) is 8.73. The van der Waals surface area contributed by atoms with Crippen LogP contribution in [0.4, 0.5) is 10.3 Å². The molecule has 0 fully saturated rings. The molecule has 3 N–H and O–H groups in total. The van der Waals surface area contributed by atoms with Crippen LogP contribution in [0.1, 0.15) is 29.8 Å². The molecule has 37 heavy (non-hydrogen) atoms. The number of imidazole rings is 1. The van der Waals surface area contributed by atoms with Crippen molar-refractivity contribution in [1.82, 2.24) is 19.5 Å². The minimum absolute atomic E-state index is 0.0380. The van der Waals surface area contributed by atoms with Gasteiger partial charge in [0.2, 0.25) is 5.95 Å². The largest absolute Gasteiger partial charge is 0.393 e. The summed E-state index contributed by atoms with van der Waals surface area (Å²) >= 11 is 0. The molecule has 1 unspecified atom stereocenters. The lowest BCUT2D eigenvalue weighted by Crippen LogP contribution is -2.32. The molecule has 0 saturated carbocycles. The lowest BCUT2D eigenvalue weighted by molar-refractivity contribution is 0.0140. The first-order valence-electron chi connectivity index (χ1n) is 11.9. The van der Waals surface area contributed by atoms with Gasteiger partial charge in [0.1, 0.15) is 17.5 Å². The molecule has 7 nitrogen and oxygen atoms in total. The quantitative estimate of drug-likeness (QED) is 0.284. The van der Waals surface area contributed by atoms with Crippen molar-refractivity contribution in [3.8, 4) is 17.2 Å². The molecular formula is C29H26FN5O2. The van der Waals surface area contributed by atoms with Crippen molar-refractivity contribution >= 4 is 5.95 Å². The third kappa shape index (κ3) is 4.97. The predicted molar refractivity (Wildman–Crippen MR) is 140 cm³/mol. The molecular weight excluding hydrogens is 469 g/mol. The van der Waals surface area contributed by atoms with Gasteiger partial charge in [0.25, 0.3) is 0 Å². The van der Waals surface area contributed by atoms with E-state index in [1.54, 1.807) is 59.4 Å². The van der Waals surface area contributed by atoms with Crippen LogP contribution in [0.2, 0.25) is 0 Å². The van der Waals surface area contributed by atoms with Gasteiger partial charge in [0.15, 0.2) is 5.60 Å². The van der Waals surface area contributed by atoms with Gasteiger partial charge in [0, 0.05) is 18.0 Å². The molecule has 0 bridgehead atoms. The maximum atomic E-state index is 13.7. The van der Waals surface area contributed by atoms with Crippen LogP contribution in [-0.4, -0.2) is 36.3 Å². The topological polar surface area (TPSA) is 96.1 Å². The lowest BCUT2D eigenvalue weighted by Gasteiger charge is -2.24. The van der Waals surface area contributed by atoms with Gasteiger partial charge in [-0.15, -0.1) is 0 Å². The van der Waals surface area contributed by atoms with Gasteiger partial charge in [-0.1, -0.05) is 60.7 Å². The molecule has 0 aliphatic carbocycles. The zero-order valence-corrected chi connectivity index (χ0v) is 20.2. The van der Waals surface area contributed by atoms with Crippen LogP contribution in [-0.2, 0) is 5.60 Å². The third-order valence-electron chi connectivity index (χ3n) is 6.25. The van der Waals surface area contributed by atoms with Crippen LogP contribution in [0.15, 0.2) is 103 Å². The van der Waals surface area contributed by atoms with Crippen LogP contribution in [0.3, 0.4) is 0 Å². The smallest absolute Gasteiger partial charge is 0.225 e. The van der Waals surface area contributed by atoms with Gasteiger partial charge < -0.3 is 15.5 Å². The SMILES string of the molecule is C[C@H](Nc1nccc(-n2cc(C(O)(CO)c3ccccc3)nc2-c2ccc(F)cc2)n1)c1ccccc1. The Hall–Kier alpha value is -4.40. The number of nitrogens with zero attached hydrogens (tertiary/aromatic N) is 4. The Kier molecular flexibility index (Phi) is 6.76. The van der Waals surface area contributed by atoms with E-state index in [1.807, 2.05) is 43.3 Å². The molecule has 2 aromatic heterocycles. The Labute approximate surface area is 214 Å². The number of hydrogen-bond acceptors (Lipinski definition) is 6. The first-order chi connectivity index (χ1) is 18.0. The fourth-order valence-electron chi connectivity index (χ4n) is 4.16. The summed E-state index contributed by atoms with van der Waals surface area (Å²) in [6, 6.07) is 26.4. The zero-order valence-electron chi connectivity index (χ0n) is 20.2. The number of aliphatic hydroxyl groups is 2. The summed E-state index contributed by atoms with van der Waals surface area (Å²) < 4.78 is 15.4. The number of rotatable bonds is 8. The number of aromatic nitrogens is 4. The number of aliphatic hydroxyl groups excluding tert-OH is 1. The van der Waals surface area contributed by atoms with Crippen molar-refractivity contribution < 1.29 is 14.6 Å². The van der Waals surface area contributed by atoms with Gasteiger partial charge in [0.05, 0.1) is 18.3 Å². The van der Waals surface area contributed by atoms with Crippen LogP contribution < -0.4 is 5.32 Å². The molecule has 3 aromatic carbocycles. The van der Waals surface area contributed by atoms with E-state index in [9.17, 15) is 14.6 Å². The fraction of sp³-hybridized carbons (Fsp3) is 0.138. The summed E-state index contributed by atoms with van der Waals surface area (Å²) in [5.74, 6) is 0.957. The third-order valence-corrected chi connectivity index (χ3v) is 6.25. The summed E-state index contributed by atoms with van der Waals surface area (Å²) in [6.45, 7) is 1.44. The van der Waals surface area contributed by atoms with E-state index in [-0.39, 0.29) is 17.6 Å². The molecule has 0 saturated heterocycles. The van der Waals surface area contributed by atoms with Gasteiger partial charge >= 0.3 is 0 Å². The Morgan fingerprint density at radius 3 is 2.27 bits per heavy atom. The van der Waals surface area contributed by atoms with Crippen molar-refractivity contribution in [2.75, 3.05) is 11.9 Å². The molecule has 186 valence electrons. The van der Waals surface area contributed by atoms with Crippen LogP contribution in [0.5, 0.6) is 0 Å². The van der Waals surface area contributed by atoms with E-state index in [4.69, 9.17) is 4.98 Å². The summed E-state index contributed by atoms with van der Waals surface area (Å²) in [7, 11) is 0. The number of anilines is 1. The minimum atomic E-state index is -1.75. The first kappa shape index (κ1) is 24.3. The average molecular weight is 496 g/mol. The normalized spacial score (nSPS) is 13.6. The Balaban J connectivity index is 1.59. The Morgan fingerprint density at radius 1 is 0.919 bits per heavy atom. The van der Waals surface area contributed by atoms with Crippen molar-refractivity contribution in [3.05, 3.63) is 126 Å². The standard InChI is InChI=1S/C29H26FN5O2/c1-20(21-8-4-2-5-9-21)32-28-31-17-16-26(34-28)35-18-25(29(37,19-36)23-10-6-3-7-11-23)33-27(35)22-12-14-24(30)15-13-22/h2-18,20,36-37H,19H2,1H3,(H,31,32,34)/t20-,29?/m0/s1. The highest BCUT2D eigenvalue weighted by Crippen LogP contribution is 2.32. The number of halogens is 1. The highest BCUT2D eigenvalue weighted by atomic mass is 19.1.